The van der Waals surface area contributed by atoms with Crippen molar-refractivity contribution in [3.63, 3.8) is 0 Å². The van der Waals surface area contributed by atoms with Gasteiger partial charge in [0.2, 0.25) is 0 Å². The second kappa shape index (κ2) is 7.18. The molecular formula is C12H20O3SSi. The maximum absolute atomic E-state index is 5.38. The van der Waals surface area contributed by atoms with Gasteiger partial charge in [-0.2, -0.15) is 12.6 Å². The van der Waals surface area contributed by atoms with Crippen LogP contribution in [-0.4, -0.2) is 30.1 Å². The number of hydrogen-bond acceptors (Lipinski definition) is 4. The van der Waals surface area contributed by atoms with Crippen molar-refractivity contribution in [2.75, 3.05) is 21.3 Å². The van der Waals surface area contributed by atoms with Gasteiger partial charge in [-0.15, -0.1) is 0 Å². The van der Waals surface area contributed by atoms with Crippen LogP contribution in [0.3, 0.4) is 0 Å². The summed E-state index contributed by atoms with van der Waals surface area (Å²) in [6.07, 6.45) is 0.870. The summed E-state index contributed by atoms with van der Waals surface area (Å²) in [5.74, 6) is 0. The van der Waals surface area contributed by atoms with Gasteiger partial charge in [0, 0.05) is 32.6 Å². The Hall–Kier alpha value is -0.333. The highest BCUT2D eigenvalue weighted by molar-refractivity contribution is 7.80. The summed E-state index contributed by atoms with van der Waals surface area (Å²) < 4.78 is 16.1. The summed E-state index contributed by atoms with van der Waals surface area (Å²) in [5, 5.41) is 0.184. The zero-order chi connectivity index (χ0) is 12.7. The summed E-state index contributed by atoms with van der Waals surface area (Å²) in [5.41, 5.74) is 1.21. The normalized spacial score (nSPS) is 13.6. The summed E-state index contributed by atoms with van der Waals surface area (Å²) in [4.78, 5) is 0. The average Bonchev–Trinajstić information content (AvgIpc) is 2.41. The van der Waals surface area contributed by atoms with E-state index in [4.69, 9.17) is 13.3 Å². The fraction of sp³-hybridized carbons (Fsp3) is 0.500. The van der Waals surface area contributed by atoms with E-state index in [1.807, 2.05) is 18.2 Å². The fourth-order valence-corrected chi connectivity index (χ4v) is 4.01. The van der Waals surface area contributed by atoms with Crippen molar-refractivity contribution in [1.82, 2.24) is 0 Å². The van der Waals surface area contributed by atoms with Gasteiger partial charge < -0.3 is 13.3 Å². The molecule has 1 unspecified atom stereocenters. The molecule has 1 aromatic rings. The van der Waals surface area contributed by atoms with E-state index in [2.05, 4.69) is 24.8 Å². The van der Waals surface area contributed by atoms with Gasteiger partial charge in [0.25, 0.3) is 0 Å². The molecule has 1 aromatic carbocycles. The van der Waals surface area contributed by atoms with Gasteiger partial charge in [-0.1, -0.05) is 30.3 Å². The minimum absolute atomic E-state index is 0.184. The first-order chi connectivity index (χ1) is 8.17. The molecule has 0 spiro atoms. The van der Waals surface area contributed by atoms with Gasteiger partial charge in [-0.25, -0.2) is 0 Å². The van der Waals surface area contributed by atoms with Crippen LogP contribution in [-0.2, 0) is 13.3 Å². The average molecular weight is 272 g/mol. The van der Waals surface area contributed by atoms with E-state index in [-0.39, 0.29) is 5.25 Å². The Morgan fingerprint density at radius 2 is 1.59 bits per heavy atom. The molecule has 0 bridgehead atoms. The molecule has 1 atom stereocenters. The van der Waals surface area contributed by atoms with Crippen LogP contribution in [0.2, 0.25) is 6.04 Å². The van der Waals surface area contributed by atoms with E-state index in [1.54, 1.807) is 21.3 Å². The molecule has 96 valence electrons. The zero-order valence-electron chi connectivity index (χ0n) is 10.6. The van der Waals surface area contributed by atoms with Crippen molar-refractivity contribution in [2.45, 2.75) is 17.7 Å². The summed E-state index contributed by atoms with van der Waals surface area (Å²) in [6.45, 7) is 0. The van der Waals surface area contributed by atoms with E-state index >= 15 is 0 Å². The smallest absolute Gasteiger partial charge is 0.377 e. The number of hydrogen-bond donors (Lipinski definition) is 1. The zero-order valence-corrected chi connectivity index (χ0v) is 12.4. The summed E-state index contributed by atoms with van der Waals surface area (Å²) >= 11 is 4.60. The fourth-order valence-electron chi connectivity index (χ4n) is 1.71. The Labute approximate surface area is 110 Å². The summed E-state index contributed by atoms with van der Waals surface area (Å²) in [6, 6.07) is 11.0. The third-order valence-electron chi connectivity index (χ3n) is 2.84. The molecule has 3 nitrogen and oxygen atoms in total. The van der Waals surface area contributed by atoms with E-state index in [0.717, 1.165) is 12.5 Å². The number of benzene rings is 1. The van der Waals surface area contributed by atoms with Gasteiger partial charge in [0.15, 0.2) is 0 Å². The molecular weight excluding hydrogens is 252 g/mol. The molecule has 0 aliphatic heterocycles. The number of thiol groups is 1. The van der Waals surface area contributed by atoms with Crippen LogP contribution in [0.4, 0.5) is 0 Å². The highest BCUT2D eigenvalue weighted by Crippen LogP contribution is 2.28. The van der Waals surface area contributed by atoms with Crippen molar-refractivity contribution < 1.29 is 13.3 Å². The lowest BCUT2D eigenvalue weighted by Gasteiger charge is -2.25. The van der Waals surface area contributed by atoms with Crippen molar-refractivity contribution in [3.05, 3.63) is 35.9 Å². The molecule has 0 heterocycles. The van der Waals surface area contributed by atoms with E-state index in [9.17, 15) is 0 Å². The van der Waals surface area contributed by atoms with E-state index in [1.165, 1.54) is 5.56 Å². The molecule has 0 aliphatic rings. The topological polar surface area (TPSA) is 27.7 Å². The van der Waals surface area contributed by atoms with Crippen LogP contribution in [0.15, 0.2) is 30.3 Å². The predicted molar refractivity (Wildman–Crippen MR) is 74.4 cm³/mol. The Morgan fingerprint density at radius 3 is 2.06 bits per heavy atom. The van der Waals surface area contributed by atoms with Gasteiger partial charge in [-0.3, -0.25) is 0 Å². The van der Waals surface area contributed by atoms with Crippen LogP contribution in [0.25, 0.3) is 0 Å². The first-order valence-corrected chi connectivity index (χ1v) is 8.00. The molecule has 0 aromatic heterocycles. The van der Waals surface area contributed by atoms with E-state index < -0.39 is 8.80 Å². The quantitative estimate of drug-likeness (QED) is 0.611. The SMILES string of the molecule is CO[Si](CCC(S)c1ccccc1)(OC)OC. The Bertz CT molecular complexity index is 309. The van der Waals surface area contributed by atoms with Crippen LogP contribution in [0.5, 0.6) is 0 Å². The van der Waals surface area contributed by atoms with Crippen molar-refractivity contribution in [1.29, 1.82) is 0 Å². The summed E-state index contributed by atoms with van der Waals surface area (Å²) in [7, 11) is 2.44. The minimum Gasteiger partial charge on any atom is -0.377 e. The highest BCUT2D eigenvalue weighted by Gasteiger charge is 2.37. The molecule has 0 amide bonds. The third kappa shape index (κ3) is 4.12. The lowest BCUT2D eigenvalue weighted by Crippen LogP contribution is -2.42. The molecule has 0 N–H and O–H groups in total. The monoisotopic (exact) mass is 272 g/mol. The molecule has 0 saturated heterocycles. The second-order valence-corrected chi connectivity index (χ2v) is 7.47. The molecule has 1 rings (SSSR count). The molecule has 0 radical (unpaired) electrons. The molecule has 0 saturated carbocycles. The third-order valence-corrected chi connectivity index (χ3v) is 6.16. The minimum atomic E-state index is -2.46. The maximum atomic E-state index is 5.38. The van der Waals surface area contributed by atoms with Crippen LogP contribution < -0.4 is 0 Å². The molecule has 0 fully saturated rings. The maximum Gasteiger partial charge on any atom is 0.500 e. The van der Waals surface area contributed by atoms with Gasteiger partial charge >= 0.3 is 8.80 Å². The van der Waals surface area contributed by atoms with E-state index in [0.29, 0.717) is 0 Å². The van der Waals surface area contributed by atoms with Crippen molar-refractivity contribution in [2.24, 2.45) is 0 Å². The van der Waals surface area contributed by atoms with Crippen LogP contribution in [0.1, 0.15) is 17.2 Å². The standard InChI is InChI=1S/C12H20O3SSi/c1-13-17(14-2,15-3)10-9-12(16)11-7-5-4-6-8-11/h4-8,12,16H,9-10H2,1-3H3. The molecule has 17 heavy (non-hydrogen) atoms. The Morgan fingerprint density at radius 1 is 1.06 bits per heavy atom. The van der Waals surface area contributed by atoms with Gasteiger partial charge in [0.05, 0.1) is 0 Å². The second-order valence-electron chi connectivity index (χ2n) is 3.76. The lowest BCUT2D eigenvalue weighted by molar-refractivity contribution is 0.123. The van der Waals surface area contributed by atoms with Gasteiger partial charge in [0.1, 0.15) is 0 Å². The van der Waals surface area contributed by atoms with Crippen molar-refractivity contribution >= 4 is 21.4 Å². The van der Waals surface area contributed by atoms with Gasteiger partial charge in [-0.05, 0) is 12.0 Å². The Kier molecular flexibility index (Phi) is 6.22. The van der Waals surface area contributed by atoms with Crippen LogP contribution >= 0.6 is 12.6 Å². The van der Waals surface area contributed by atoms with Crippen molar-refractivity contribution in [3.8, 4) is 0 Å². The molecule has 0 aliphatic carbocycles. The lowest BCUT2D eigenvalue weighted by atomic mass is 10.1. The number of rotatable bonds is 7. The highest BCUT2D eigenvalue weighted by atomic mass is 32.1. The Balaban J connectivity index is 2.55. The first kappa shape index (κ1) is 14.7. The predicted octanol–water partition coefficient (Wildman–Crippen LogP) is 2.93. The van der Waals surface area contributed by atoms with Crippen LogP contribution in [0, 0.1) is 0 Å². The molecule has 5 heteroatoms. The largest absolute Gasteiger partial charge is 0.500 e. The first-order valence-electron chi connectivity index (χ1n) is 5.56.